The Balaban J connectivity index is 0.00000576. The van der Waals surface area contributed by atoms with Gasteiger partial charge in [-0.3, -0.25) is 4.99 Å². The van der Waals surface area contributed by atoms with Crippen molar-refractivity contribution in [1.82, 2.24) is 10.6 Å². The Morgan fingerprint density at radius 1 is 1.12 bits per heavy atom. The van der Waals surface area contributed by atoms with Crippen molar-refractivity contribution in [1.29, 1.82) is 0 Å². The summed E-state index contributed by atoms with van der Waals surface area (Å²) in [6.07, 6.45) is 2.01. The third-order valence-electron chi connectivity index (χ3n) is 3.67. The summed E-state index contributed by atoms with van der Waals surface area (Å²) in [5, 5.41) is 16.1. The van der Waals surface area contributed by atoms with Gasteiger partial charge in [-0.25, -0.2) is 0 Å². The fourth-order valence-electron chi connectivity index (χ4n) is 2.23. The number of hydrogen-bond donors (Lipinski definition) is 3. The molecule has 1 rings (SSSR count). The monoisotopic (exact) mass is 465 g/mol. The van der Waals surface area contributed by atoms with E-state index >= 15 is 0 Å². The minimum atomic E-state index is 0. The summed E-state index contributed by atoms with van der Waals surface area (Å²) in [7, 11) is 3.42. The first-order valence-electron chi connectivity index (χ1n) is 8.48. The van der Waals surface area contributed by atoms with Gasteiger partial charge in [-0.2, -0.15) is 0 Å². The molecule has 7 heteroatoms. The van der Waals surface area contributed by atoms with Gasteiger partial charge in [-0.05, 0) is 18.4 Å². The molecule has 1 aromatic rings. The lowest BCUT2D eigenvalue weighted by Gasteiger charge is -2.18. The van der Waals surface area contributed by atoms with Crippen LogP contribution in [0.1, 0.15) is 24.3 Å². The molecule has 1 unspecified atom stereocenters. The van der Waals surface area contributed by atoms with Crippen molar-refractivity contribution in [3.05, 3.63) is 35.9 Å². The number of aliphatic hydroxyl groups excluding tert-OH is 1. The molecule has 0 saturated carbocycles. The van der Waals surface area contributed by atoms with Crippen molar-refractivity contribution in [2.75, 3.05) is 53.7 Å². The van der Waals surface area contributed by atoms with Crippen LogP contribution in [0.25, 0.3) is 0 Å². The third-order valence-corrected chi connectivity index (χ3v) is 3.67. The van der Waals surface area contributed by atoms with E-state index in [0.29, 0.717) is 19.8 Å². The standard InChI is InChI=1S/C18H31N3O3.HI/c1-19-18(20-10-6-7-11-24-13-12-23-2)21-14-17(15-22)16-8-4-3-5-9-16;/h3-5,8-9,17,22H,6-7,10-15H2,1-2H3,(H2,19,20,21);1H. The second-order valence-corrected chi connectivity index (χ2v) is 5.48. The zero-order chi connectivity index (χ0) is 17.5. The molecule has 0 amide bonds. The molecule has 0 aliphatic carbocycles. The minimum Gasteiger partial charge on any atom is -0.396 e. The van der Waals surface area contributed by atoms with Crippen LogP contribution < -0.4 is 10.6 Å². The molecule has 3 N–H and O–H groups in total. The number of nitrogens with zero attached hydrogens (tertiary/aromatic N) is 1. The summed E-state index contributed by atoms with van der Waals surface area (Å²) < 4.78 is 10.3. The molecular weight excluding hydrogens is 433 g/mol. The van der Waals surface area contributed by atoms with Crippen LogP contribution in [0, 0.1) is 0 Å². The van der Waals surface area contributed by atoms with Crippen LogP contribution in [-0.2, 0) is 9.47 Å². The predicted octanol–water partition coefficient (Wildman–Crippen LogP) is 1.99. The molecule has 1 aromatic carbocycles. The Bertz CT molecular complexity index is 446. The number of unbranched alkanes of at least 4 members (excludes halogenated alkanes) is 1. The third kappa shape index (κ3) is 11.4. The number of benzene rings is 1. The van der Waals surface area contributed by atoms with Gasteiger partial charge in [0.1, 0.15) is 0 Å². The maximum atomic E-state index is 9.58. The maximum Gasteiger partial charge on any atom is 0.190 e. The van der Waals surface area contributed by atoms with E-state index in [4.69, 9.17) is 9.47 Å². The van der Waals surface area contributed by atoms with Crippen molar-refractivity contribution in [2.24, 2.45) is 4.99 Å². The van der Waals surface area contributed by atoms with Crippen LogP contribution in [0.2, 0.25) is 0 Å². The number of aliphatic hydroxyl groups is 1. The SMILES string of the molecule is CN=C(NCCCCOCCOC)NCC(CO)c1ccccc1.I. The highest BCUT2D eigenvalue weighted by Crippen LogP contribution is 2.13. The molecule has 0 aliphatic heterocycles. The Morgan fingerprint density at radius 3 is 2.52 bits per heavy atom. The number of guanidine groups is 1. The van der Waals surface area contributed by atoms with Crippen molar-refractivity contribution in [3.8, 4) is 0 Å². The first kappa shape index (κ1) is 24.1. The van der Waals surface area contributed by atoms with Crippen LogP contribution in [0.5, 0.6) is 0 Å². The van der Waals surface area contributed by atoms with Crippen LogP contribution in [0.4, 0.5) is 0 Å². The Labute approximate surface area is 168 Å². The lowest BCUT2D eigenvalue weighted by molar-refractivity contribution is 0.0689. The van der Waals surface area contributed by atoms with E-state index in [0.717, 1.165) is 37.5 Å². The fourth-order valence-corrected chi connectivity index (χ4v) is 2.23. The Hall–Kier alpha value is -0.900. The largest absolute Gasteiger partial charge is 0.396 e. The lowest BCUT2D eigenvalue weighted by Crippen LogP contribution is -2.40. The quantitative estimate of drug-likeness (QED) is 0.191. The molecule has 6 nitrogen and oxygen atoms in total. The fraction of sp³-hybridized carbons (Fsp3) is 0.611. The molecule has 0 radical (unpaired) electrons. The van der Waals surface area contributed by atoms with E-state index in [9.17, 15) is 5.11 Å². The molecule has 0 saturated heterocycles. The Kier molecular flexibility index (Phi) is 16.0. The number of rotatable bonds is 12. The van der Waals surface area contributed by atoms with Crippen LogP contribution in [-0.4, -0.2) is 64.7 Å². The topological polar surface area (TPSA) is 75.1 Å². The van der Waals surface area contributed by atoms with Gasteiger partial charge < -0.3 is 25.2 Å². The number of methoxy groups -OCH3 is 1. The summed E-state index contributed by atoms with van der Waals surface area (Å²) >= 11 is 0. The summed E-state index contributed by atoms with van der Waals surface area (Å²) in [4.78, 5) is 4.21. The lowest BCUT2D eigenvalue weighted by atomic mass is 10.0. The molecule has 0 aliphatic rings. The Morgan fingerprint density at radius 2 is 1.88 bits per heavy atom. The molecule has 0 aromatic heterocycles. The van der Waals surface area contributed by atoms with E-state index < -0.39 is 0 Å². The van der Waals surface area contributed by atoms with Crippen LogP contribution >= 0.6 is 24.0 Å². The molecule has 144 valence electrons. The number of aliphatic imine (C=N–C) groups is 1. The van der Waals surface area contributed by atoms with E-state index in [2.05, 4.69) is 15.6 Å². The van der Waals surface area contributed by atoms with E-state index in [1.54, 1.807) is 14.2 Å². The van der Waals surface area contributed by atoms with E-state index in [-0.39, 0.29) is 36.5 Å². The maximum absolute atomic E-state index is 9.58. The number of hydrogen-bond acceptors (Lipinski definition) is 4. The second kappa shape index (κ2) is 16.6. The van der Waals surface area contributed by atoms with Gasteiger partial charge >= 0.3 is 0 Å². The molecule has 1 atom stereocenters. The molecule has 0 spiro atoms. The van der Waals surface area contributed by atoms with Crippen molar-refractivity contribution < 1.29 is 14.6 Å². The van der Waals surface area contributed by atoms with Crippen LogP contribution in [0.3, 0.4) is 0 Å². The van der Waals surface area contributed by atoms with Crippen LogP contribution in [0.15, 0.2) is 35.3 Å². The van der Waals surface area contributed by atoms with Gasteiger partial charge in [-0.1, -0.05) is 30.3 Å². The zero-order valence-corrected chi connectivity index (χ0v) is 17.6. The predicted molar refractivity (Wildman–Crippen MR) is 113 cm³/mol. The average molecular weight is 465 g/mol. The smallest absolute Gasteiger partial charge is 0.190 e. The highest BCUT2D eigenvalue weighted by Gasteiger charge is 2.10. The summed E-state index contributed by atoms with van der Waals surface area (Å²) in [6, 6.07) is 10.0. The normalized spacial score (nSPS) is 12.4. The first-order chi connectivity index (χ1) is 11.8. The average Bonchev–Trinajstić information content (AvgIpc) is 2.63. The number of ether oxygens (including phenoxy) is 2. The van der Waals surface area contributed by atoms with E-state index in [1.807, 2.05) is 30.3 Å². The molecule has 0 heterocycles. The summed E-state index contributed by atoms with van der Waals surface area (Å²) in [6.45, 7) is 3.62. The molecular formula is C18H32IN3O3. The molecule has 0 fully saturated rings. The van der Waals surface area contributed by atoms with Gasteiger partial charge in [0.25, 0.3) is 0 Å². The van der Waals surface area contributed by atoms with Crippen molar-refractivity contribution in [3.63, 3.8) is 0 Å². The first-order valence-corrected chi connectivity index (χ1v) is 8.48. The number of halogens is 1. The van der Waals surface area contributed by atoms with Gasteiger partial charge in [0, 0.05) is 39.8 Å². The van der Waals surface area contributed by atoms with Gasteiger partial charge in [-0.15, -0.1) is 24.0 Å². The van der Waals surface area contributed by atoms with E-state index in [1.165, 1.54) is 0 Å². The number of nitrogens with one attached hydrogen (secondary N) is 2. The van der Waals surface area contributed by atoms with Crippen molar-refractivity contribution in [2.45, 2.75) is 18.8 Å². The van der Waals surface area contributed by atoms with Gasteiger partial charge in [0.15, 0.2) is 5.96 Å². The minimum absolute atomic E-state index is 0. The summed E-state index contributed by atoms with van der Waals surface area (Å²) in [5.74, 6) is 0.809. The zero-order valence-electron chi connectivity index (χ0n) is 15.2. The summed E-state index contributed by atoms with van der Waals surface area (Å²) in [5.41, 5.74) is 1.12. The molecule has 25 heavy (non-hydrogen) atoms. The highest BCUT2D eigenvalue weighted by molar-refractivity contribution is 14.0. The van der Waals surface area contributed by atoms with Crippen molar-refractivity contribution >= 4 is 29.9 Å². The second-order valence-electron chi connectivity index (χ2n) is 5.48. The highest BCUT2D eigenvalue weighted by atomic mass is 127. The van der Waals surface area contributed by atoms with Gasteiger partial charge in [0.2, 0.25) is 0 Å². The molecule has 0 bridgehead atoms. The van der Waals surface area contributed by atoms with Gasteiger partial charge in [0.05, 0.1) is 19.8 Å².